The number of allylic oxidation sites excluding steroid dienone is 2. The molecule has 0 amide bonds. The van der Waals surface area contributed by atoms with Crippen molar-refractivity contribution in [1.29, 1.82) is 0 Å². The Kier molecular flexibility index (Phi) is 4.58. The van der Waals surface area contributed by atoms with E-state index in [2.05, 4.69) is 12.2 Å². The van der Waals surface area contributed by atoms with Crippen LogP contribution in [-0.2, 0) is 10.0 Å². The molecule has 7 nitrogen and oxygen atoms in total. The molecule has 0 radical (unpaired) electrons. The molecule has 26 heavy (non-hydrogen) atoms. The van der Waals surface area contributed by atoms with Crippen molar-refractivity contribution in [2.45, 2.75) is 17.7 Å². The van der Waals surface area contributed by atoms with Gasteiger partial charge in [0.1, 0.15) is 0 Å². The minimum atomic E-state index is -3.83. The molecule has 0 aromatic heterocycles. The van der Waals surface area contributed by atoms with Crippen molar-refractivity contribution >= 4 is 15.7 Å². The molecule has 2 bridgehead atoms. The van der Waals surface area contributed by atoms with E-state index in [0.717, 1.165) is 31.5 Å². The molecule has 140 valence electrons. The van der Waals surface area contributed by atoms with Crippen molar-refractivity contribution < 1.29 is 18.2 Å². The summed E-state index contributed by atoms with van der Waals surface area (Å²) in [7, 11) is -3.83. The van der Waals surface area contributed by atoms with Crippen molar-refractivity contribution in [1.82, 2.24) is 4.31 Å². The quantitative estimate of drug-likeness (QED) is 0.464. The lowest BCUT2D eigenvalue weighted by Gasteiger charge is -2.33. The fraction of sp³-hybridized carbons (Fsp3) is 0.556. The fourth-order valence-corrected chi connectivity index (χ4v) is 6.31. The van der Waals surface area contributed by atoms with Crippen LogP contribution in [0.4, 0.5) is 5.69 Å². The Morgan fingerprint density at radius 1 is 1.15 bits per heavy atom. The van der Waals surface area contributed by atoms with Crippen LogP contribution in [0.2, 0.25) is 0 Å². The molecule has 3 atom stereocenters. The molecule has 1 aromatic rings. The number of sulfonamides is 1. The lowest BCUT2D eigenvalue weighted by molar-refractivity contribution is -0.907. The van der Waals surface area contributed by atoms with E-state index in [1.165, 1.54) is 46.3 Å². The van der Waals surface area contributed by atoms with E-state index in [1.807, 2.05) is 0 Å². The predicted molar refractivity (Wildman–Crippen MR) is 96.3 cm³/mol. The highest BCUT2D eigenvalue weighted by Gasteiger charge is 2.40. The number of nitrogens with one attached hydrogen (secondary N) is 1. The van der Waals surface area contributed by atoms with E-state index >= 15 is 0 Å². The van der Waals surface area contributed by atoms with Gasteiger partial charge in [-0.2, -0.15) is 4.31 Å². The first kappa shape index (κ1) is 17.6. The summed E-state index contributed by atoms with van der Waals surface area (Å²) < 4.78 is 27.1. The van der Waals surface area contributed by atoms with Crippen LogP contribution in [0.5, 0.6) is 0 Å². The summed E-state index contributed by atoms with van der Waals surface area (Å²) in [5, 5.41) is 11.2. The van der Waals surface area contributed by atoms with Gasteiger partial charge in [-0.3, -0.25) is 10.1 Å². The lowest BCUT2D eigenvalue weighted by Crippen LogP contribution is -3.15. The molecule has 8 heteroatoms. The number of para-hydroxylation sites is 1. The van der Waals surface area contributed by atoms with Crippen LogP contribution in [0.25, 0.3) is 0 Å². The van der Waals surface area contributed by atoms with Crippen molar-refractivity contribution in [2.24, 2.45) is 17.8 Å². The van der Waals surface area contributed by atoms with Gasteiger partial charge in [0.25, 0.3) is 5.69 Å². The second kappa shape index (κ2) is 6.75. The third-order valence-corrected chi connectivity index (χ3v) is 8.02. The summed E-state index contributed by atoms with van der Waals surface area (Å²) in [6.45, 7) is 3.46. The van der Waals surface area contributed by atoms with Gasteiger partial charge in [0, 0.05) is 12.0 Å². The Balaban J connectivity index is 1.41. The second-order valence-corrected chi connectivity index (χ2v) is 9.53. The number of nitro benzene ring substituents is 1. The normalized spacial score (nSPS) is 29.3. The molecule has 3 aliphatic rings. The molecule has 1 saturated heterocycles. The second-order valence-electron chi connectivity index (χ2n) is 7.62. The van der Waals surface area contributed by atoms with E-state index in [9.17, 15) is 18.5 Å². The number of fused-ring (bicyclic) bond motifs is 2. The first-order chi connectivity index (χ1) is 12.4. The number of nitro groups is 1. The van der Waals surface area contributed by atoms with Gasteiger partial charge >= 0.3 is 0 Å². The maximum absolute atomic E-state index is 12.9. The zero-order chi connectivity index (χ0) is 18.3. The molecule has 0 spiro atoms. The first-order valence-electron chi connectivity index (χ1n) is 9.20. The van der Waals surface area contributed by atoms with Crippen molar-refractivity contribution in [3.05, 3.63) is 46.5 Å². The molecule has 2 fully saturated rings. The molecule has 4 rings (SSSR count). The number of benzene rings is 1. The van der Waals surface area contributed by atoms with Gasteiger partial charge in [0.15, 0.2) is 4.90 Å². The monoisotopic (exact) mass is 378 g/mol. The van der Waals surface area contributed by atoms with Gasteiger partial charge in [-0.1, -0.05) is 24.3 Å². The molecule has 1 heterocycles. The smallest absolute Gasteiger partial charge is 0.289 e. The third-order valence-electron chi connectivity index (χ3n) is 6.08. The van der Waals surface area contributed by atoms with E-state index in [0.29, 0.717) is 19.0 Å². The number of rotatable bonds is 5. The largest absolute Gasteiger partial charge is 0.332 e. The van der Waals surface area contributed by atoms with Crippen LogP contribution in [0.15, 0.2) is 41.3 Å². The number of quaternary nitrogens is 1. The summed E-state index contributed by atoms with van der Waals surface area (Å²) in [4.78, 5) is 11.8. The molecule has 0 unspecified atom stereocenters. The van der Waals surface area contributed by atoms with Crippen LogP contribution in [0.3, 0.4) is 0 Å². The summed E-state index contributed by atoms with van der Waals surface area (Å²) >= 11 is 0. The molecular formula is C18H24N3O4S+. The van der Waals surface area contributed by atoms with Crippen molar-refractivity contribution in [3.63, 3.8) is 0 Å². The molecule has 1 aromatic carbocycles. The summed E-state index contributed by atoms with van der Waals surface area (Å²) in [5.41, 5.74) is -0.351. The molecule has 1 saturated carbocycles. The average Bonchev–Trinajstić information content (AvgIpc) is 3.25. The maximum Gasteiger partial charge on any atom is 0.289 e. The maximum atomic E-state index is 12.9. The Morgan fingerprint density at radius 3 is 2.50 bits per heavy atom. The molecule has 2 aliphatic carbocycles. The van der Waals surface area contributed by atoms with Crippen LogP contribution in [0, 0.1) is 27.9 Å². The van der Waals surface area contributed by atoms with E-state index in [1.54, 1.807) is 0 Å². The number of piperazine rings is 1. The Morgan fingerprint density at radius 2 is 1.88 bits per heavy atom. The van der Waals surface area contributed by atoms with Gasteiger partial charge < -0.3 is 4.90 Å². The van der Waals surface area contributed by atoms with E-state index in [4.69, 9.17) is 0 Å². The molecule has 1 N–H and O–H groups in total. The fourth-order valence-electron chi connectivity index (χ4n) is 4.71. The van der Waals surface area contributed by atoms with Gasteiger partial charge in [-0.25, -0.2) is 8.42 Å². The summed E-state index contributed by atoms with van der Waals surface area (Å²) in [6.07, 6.45) is 7.25. The van der Waals surface area contributed by atoms with Crippen molar-refractivity contribution in [3.8, 4) is 0 Å². The lowest BCUT2D eigenvalue weighted by atomic mass is 9.93. The highest BCUT2D eigenvalue weighted by Crippen LogP contribution is 2.42. The third kappa shape index (κ3) is 3.17. The number of nitrogens with zero attached hydrogens (tertiary/aromatic N) is 2. The van der Waals surface area contributed by atoms with E-state index in [-0.39, 0.29) is 10.6 Å². The Bertz CT molecular complexity index is 831. The number of hydrogen-bond donors (Lipinski definition) is 1. The summed E-state index contributed by atoms with van der Waals surface area (Å²) in [5.74, 6) is 2.18. The van der Waals surface area contributed by atoms with Crippen LogP contribution in [0.1, 0.15) is 12.8 Å². The van der Waals surface area contributed by atoms with Gasteiger partial charge in [0.2, 0.25) is 10.0 Å². The van der Waals surface area contributed by atoms with Crippen LogP contribution < -0.4 is 4.90 Å². The topological polar surface area (TPSA) is 85.0 Å². The molecular weight excluding hydrogens is 354 g/mol. The Hall–Kier alpha value is -1.77. The van der Waals surface area contributed by atoms with E-state index < -0.39 is 14.9 Å². The minimum Gasteiger partial charge on any atom is -0.332 e. The van der Waals surface area contributed by atoms with Crippen LogP contribution >= 0.6 is 0 Å². The zero-order valence-electron chi connectivity index (χ0n) is 14.6. The van der Waals surface area contributed by atoms with Gasteiger partial charge in [-0.15, -0.1) is 0 Å². The minimum absolute atomic E-state index is 0.202. The molecule has 1 aliphatic heterocycles. The average molecular weight is 378 g/mol. The first-order valence-corrected chi connectivity index (χ1v) is 10.6. The SMILES string of the molecule is O=[N+]([O-])c1ccccc1S(=O)(=O)N1CC[NH+](C[C@@H]2C[C@@H]3C=C[C@H]2C3)CC1. The van der Waals surface area contributed by atoms with Gasteiger partial charge in [0.05, 0.1) is 37.6 Å². The number of hydrogen-bond acceptors (Lipinski definition) is 4. The van der Waals surface area contributed by atoms with Gasteiger partial charge in [-0.05, 0) is 30.7 Å². The zero-order valence-corrected chi connectivity index (χ0v) is 15.4. The van der Waals surface area contributed by atoms with Crippen LogP contribution in [-0.4, -0.2) is 50.4 Å². The van der Waals surface area contributed by atoms with Crippen molar-refractivity contribution in [2.75, 3.05) is 32.7 Å². The standard InChI is InChI=1S/C18H23N3O4S/c22-21(23)17-3-1-2-4-18(17)26(24,25)20-9-7-19(8-10-20)13-16-12-14-5-6-15(16)11-14/h1-6,14-16H,7-13H2/p+1/t14-,15+,16+/m1/s1. The summed E-state index contributed by atoms with van der Waals surface area (Å²) in [6, 6.07) is 5.60. The highest BCUT2D eigenvalue weighted by molar-refractivity contribution is 7.89. The Labute approximate surface area is 153 Å². The highest BCUT2D eigenvalue weighted by atomic mass is 32.2. The predicted octanol–water partition coefficient (Wildman–Crippen LogP) is 0.696.